The molecule has 0 bridgehead atoms. The predicted molar refractivity (Wildman–Crippen MR) is 78.2 cm³/mol. The van der Waals surface area contributed by atoms with Crippen molar-refractivity contribution in [2.24, 2.45) is 0 Å². The maximum atomic E-state index is 13.9. The number of aromatic nitrogens is 3. The number of hydrogen-bond donors (Lipinski definition) is 1. The molecule has 0 fully saturated rings. The van der Waals surface area contributed by atoms with Crippen molar-refractivity contribution in [1.82, 2.24) is 14.8 Å². The molecule has 0 aliphatic carbocycles. The van der Waals surface area contributed by atoms with Crippen LogP contribution < -0.4 is 5.56 Å². The predicted octanol–water partition coefficient (Wildman–Crippen LogP) is 3.10. The Bertz CT molecular complexity index is 1040. The number of pyridine rings is 1. The fourth-order valence-corrected chi connectivity index (χ4v) is 2.52. The summed E-state index contributed by atoms with van der Waals surface area (Å²) in [5.41, 5.74) is 0.872. The van der Waals surface area contributed by atoms with Crippen molar-refractivity contribution in [2.75, 3.05) is 0 Å². The van der Waals surface area contributed by atoms with E-state index in [4.69, 9.17) is 0 Å². The van der Waals surface area contributed by atoms with Crippen LogP contribution in [0.2, 0.25) is 0 Å². The summed E-state index contributed by atoms with van der Waals surface area (Å²) in [6, 6.07) is 10.3. The summed E-state index contributed by atoms with van der Waals surface area (Å²) in [5, 5.41) is 4.93. The zero-order chi connectivity index (χ0) is 15.3. The van der Waals surface area contributed by atoms with Crippen molar-refractivity contribution in [3.8, 4) is 16.9 Å². The van der Waals surface area contributed by atoms with Crippen LogP contribution in [0.5, 0.6) is 0 Å². The molecule has 0 saturated heterocycles. The van der Waals surface area contributed by atoms with Gasteiger partial charge in [-0.2, -0.15) is 9.78 Å². The second-order valence-electron chi connectivity index (χ2n) is 4.91. The van der Waals surface area contributed by atoms with Crippen LogP contribution in [0.4, 0.5) is 8.78 Å². The van der Waals surface area contributed by atoms with E-state index < -0.39 is 17.2 Å². The Kier molecular flexibility index (Phi) is 2.59. The first-order valence-electron chi connectivity index (χ1n) is 6.60. The quantitative estimate of drug-likeness (QED) is 0.587. The van der Waals surface area contributed by atoms with Crippen LogP contribution in [-0.2, 0) is 0 Å². The average Bonchev–Trinajstić information content (AvgIpc) is 2.87. The molecule has 0 unspecified atom stereocenters. The first-order chi connectivity index (χ1) is 10.6. The second-order valence-corrected chi connectivity index (χ2v) is 4.91. The van der Waals surface area contributed by atoms with Gasteiger partial charge in [-0.3, -0.25) is 4.79 Å². The Labute approximate surface area is 123 Å². The fourth-order valence-electron chi connectivity index (χ4n) is 2.52. The lowest BCUT2D eigenvalue weighted by Crippen LogP contribution is -2.16. The smallest absolute Gasteiger partial charge is 0.282 e. The van der Waals surface area contributed by atoms with E-state index >= 15 is 0 Å². The van der Waals surface area contributed by atoms with Gasteiger partial charge in [-0.1, -0.05) is 18.2 Å². The highest BCUT2D eigenvalue weighted by molar-refractivity contribution is 5.93. The Hall–Kier alpha value is -3.02. The molecule has 108 valence electrons. The summed E-state index contributed by atoms with van der Waals surface area (Å²) >= 11 is 0. The standard InChI is InChI=1S/C16H9F2N3O/c17-9-5-6-12(18)14(7-9)21-16(22)11-8-19-13-4-2-1-3-10(13)15(11)20-21/h1-8,19H. The first-order valence-corrected chi connectivity index (χ1v) is 6.60. The van der Waals surface area contributed by atoms with Crippen molar-refractivity contribution in [3.63, 3.8) is 0 Å². The molecule has 0 saturated carbocycles. The van der Waals surface area contributed by atoms with E-state index in [1.165, 1.54) is 6.20 Å². The minimum Gasteiger partial charge on any atom is -0.360 e. The van der Waals surface area contributed by atoms with Crippen molar-refractivity contribution in [2.45, 2.75) is 0 Å². The van der Waals surface area contributed by atoms with Crippen molar-refractivity contribution >= 4 is 10.9 Å². The van der Waals surface area contributed by atoms with Crippen LogP contribution in [0, 0.1) is 11.6 Å². The molecular formula is C16H9F2N3O. The van der Waals surface area contributed by atoms with Gasteiger partial charge in [0.1, 0.15) is 23.0 Å². The van der Waals surface area contributed by atoms with E-state index in [0.29, 0.717) is 11.3 Å². The fraction of sp³-hybridized carbons (Fsp3) is 0. The third kappa shape index (κ3) is 1.74. The molecule has 6 heteroatoms. The van der Waals surface area contributed by atoms with Gasteiger partial charge in [0.2, 0.25) is 0 Å². The first kappa shape index (κ1) is 12.7. The van der Waals surface area contributed by atoms with Gasteiger partial charge in [0.25, 0.3) is 5.56 Å². The molecule has 0 radical (unpaired) electrons. The normalized spacial score (nSPS) is 11.4. The van der Waals surface area contributed by atoms with E-state index in [1.54, 1.807) is 0 Å². The van der Waals surface area contributed by atoms with Crippen molar-refractivity contribution < 1.29 is 8.78 Å². The maximum absolute atomic E-state index is 13.9. The van der Waals surface area contributed by atoms with Gasteiger partial charge in [0.15, 0.2) is 0 Å². The minimum atomic E-state index is -0.709. The van der Waals surface area contributed by atoms with Gasteiger partial charge in [0.05, 0.1) is 5.56 Å². The molecule has 22 heavy (non-hydrogen) atoms. The largest absolute Gasteiger partial charge is 0.360 e. The number of rotatable bonds is 1. The van der Waals surface area contributed by atoms with E-state index in [2.05, 4.69) is 10.1 Å². The zero-order valence-electron chi connectivity index (χ0n) is 11.2. The average molecular weight is 297 g/mol. The third-order valence-electron chi connectivity index (χ3n) is 3.57. The lowest BCUT2D eigenvalue weighted by atomic mass is 10.1. The summed E-state index contributed by atoms with van der Waals surface area (Å²) in [6.45, 7) is 0. The van der Waals surface area contributed by atoms with E-state index in [0.717, 1.165) is 33.8 Å². The Morgan fingerprint density at radius 1 is 1.09 bits per heavy atom. The van der Waals surface area contributed by atoms with E-state index in [1.807, 2.05) is 24.3 Å². The van der Waals surface area contributed by atoms with Crippen LogP contribution in [0.25, 0.3) is 27.8 Å². The lowest BCUT2D eigenvalue weighted by molar-refractivity contribution is 0.585. The molecule has 2 aliphatic heterocycles. The van der Waals surface area contributed by atoms with Crippen LogP contribution in [0.3, 0.4) is 0 Å². The number of para-hydroxylation sites is 1. The summed E-state index contributed by atoms with van der Waals surface area (Å²) in [7, 11) is 0. The van der Waals surface area contributed by atoms with Crippen molar-refractivity contribution in [3.05, 3.63) is 70.6 Å². The lowest BCUT2D eigenvalue weighted by Gasteiger charge is -2.02. The van der Waals surface area contributed by atoms with Crippen LogP contribution in [0.15, 0.2) is 53.5 Å². The minimum absolute atomic E-state index is 0.203. The second kappa shape index (κ2) is 4.49. The molecule has 4 nitrogen and oxygen atoms in total. The van der Waals surface area contributed by atoms with E-state index in [9.17, 15) is 13.6 Å². The number of aromatic amines is 1. The molecule has 0 aromatic heterocycles. The van der Waals surface area contributed by atoms with Gasteiger partial charge in [-0.15, -0.1) is 0 Å². The number of H-pyrrole nitrogens is 1. The van der Waals surface area contributed by atoms with Crippen LogP contribution >= 0.6 is 0 Å². The van der Waals surface area contributed by atoms with Crippen molar-refractivity contribution in [1.29, 1.82) is 0 Å². The highest BCUT2D eigenvalue weighted by atomic mass is 19.1. The SMILES string of the molecule is O=c1c2c[nH]c3ccccc3c-2nn1-c1cc(F)ccc1F. The Balaban J connectivity index is 2.10. The summed E-state index contributed by atoms with van der Waals surface area (Å²) in [5.74, 6) is -1.34. The molecule has 0 amide bonds. The van der Waals surface area contributed by atoms with Gasteiger partial charge in [-0.25, -0.2) is 8.78 Å². The number of nitrogens with zero attached hydrogens (tertiary/aromatic N) is 2. The van der Waals surface area contributed by atoms with Crippen LogP contribution in [-0.4, -0.2) is 14.8 Å². The molecule has 1 N–H and O–H groups in total. The van der Waals surface area contributed by atoms with Gasteiger partial charge in [0, 0.05) is 23.2 Å². The Morgan fingerprint density at radius 3 is 2.77 bits per heavy atom. The third-order valence-corrected chi connectivity index (χ3v) is 3.57. The Morgan fingerprint density at radius 2 is 1.91 bits per heavy atom. The molecule has 2 aromatic rings. The highest BCUT2D eigenvalue weighted by Crippen LogP contribution is 2.26. The number of fused-ring (bicyclic) bond motifs is 3. The molecular weight excluding hydrogens is 288 g/mol. The molecule has 2 aliphatic rings. The molecule has 0 atom stereocenters. The van der Waals surface area contributed by atoms with Gasteiger partial charge in [-0.05, 0) is 18.2 Å². The van der Waals surface area contributed by atoms with Crippen LogP contribution in [0.1, 0.15) is 0 Å². The molecule has 2 aromatic carbocycles. The molecule has 0 spiro atoms. The number of benzene rings is 2. The summed E-state index contributed by atoms with van der Waals surface area (Å²) in [6.07, 6.45) is 1.53. The molecule has 4 rings (SSSR count). The summed E-state index contributed by atoms with van der Waals surface area (Å²) in [4.78, 5) is 15.4. The van der Waals surface area contributed by atoms with Gasteiger partial charge < -0.3 is 4.98 Å². The highest BCUT2D eigenvalue weighted by Gasteiger charge is 2.20. The monoisotopic (exact) mass is 297 g/mol. The zero-order valence-corrected chi connectivity index (χ0v) is 11.2. The summed E-state index contributed by atoms with van der Waals surface area (Å²) < 4.78 is 28.2. The molecule has 2 heterocycles. The number of hydrogen-bond acceptors (Lipinski definition) is 2. The maximum Gasteiger partial charge on any atom is 0.282 e. The number of nitrogens with one attached hydrogen (secondary N) is 1. The number of halogens is 2. The van der Waals surface area contributed by atoms with Gasteiger partial charge >= 0.3 is 0 Å². The van der Waals surface area contributed by atoms with E-state index in [-0.39, 0.29) is 5.69 Å². The topological polar surface area (TPSA) is 50.7 Å².